The molecule has 3 N–H and O–H groups in total. The van der Waals surface area contributed by atoms with E-state index < -0.39 is 0 Å². The molecule has 0 saturated carbocycles. The summed E-state index contributed by atoms with van der Waals surface area (Å²) in [5.41, 5.74) is 8.54. The minimum Gasteiger partial charge on any atom is -0.331 e. The van der Waals surface area contributed by atoms with Crippen molar-refractivity contribution in [3.05, 3.63) is 59.9 Å². The number of anilines is 2. The summed E-state index contributed by atoms with van der Waals surface area (Å²) >= 11 is 5.13. The second kappa shape index (κ2) is 6.15. The Hall–Kier alpha value is -2.14. The van der Waals surface area contributed by atoms with Crippen molar-refractivity contribution >= 4 is 28.7 Å². The number of rotatable bonds is 3. The summed E-state index contributed by atoms with van der Waals surface area (Å²) in [6, 6.07) is 13.9. The first-order valence-electron chi connectivity index (χ1n) is 5.79. The van der Waals surface area contributed by atoms with Gasteiger partial charge >= 0.3 is 0 Å². The fourth-order valence-corrected chi connectivity index (χ4v) is 1.63. The lowest BCUT2D eigenvalue weighted by molar-refractivity contribution is 0.628. The van der Waals surface area contributed by atoms with Crippen molar-refractivity contribution in [2.24, 2.45) is 0 Å². The molecular weight excluding hydrogens is 261 g/mol. The Balaban J connectivity index is 1.84. The molecule has 0 amide bonds. The molecular formula is C14H14FN3S. The molecule has 0 spiro atoms. The molecule has 0 bridgehead atoms. The maximum Gasteiger partial charge on any atom is 0.189 e. The molecule has 0 radical (unpaired) electrons. The minimum atomic E-state index is -0.272. The Kier molecular flexibility index (Phi) is 4.30. The maximum atomic E-state index is 12.7. The van der Waals surface area contributed by atoms with E-state index in [9.17, 15) is 4.39 Å². The van der Waals surface area contributed by atoms with Crippen molar-refractivity contribution in [3.8, 4) is 0 Å². The monoisotopic (exact) mass is 275 g/mol. The van der Waals surface area contributed by atoms with Gasteiger partial charge in [-0.05, 0) is 55.5 Å². The number of thiocarbonyl (C=S) groups is 1. The van der Waals surface area contributed by atoms with Gasteiger partial charge in [0.15, 0.2) is 5.11 Å². The maximum absolute atomic E-state index is 12.7. The second-order valence-electron chi connectivity index (χ2n) is 4.08. The van der Waals surface area contributed by atoms with E-state index in [0.717, 1.165) is 11.4 Å². The zero-order chi connectivity index (χ0) is 13.7. The molecule has 0 atom stereocenters. The quantitative estimate of drug-likeness (QED) is 0.592. The van der Waals surface area contributed by atoms with Gasteiger partial charge in [0.05, 0.1) is 5.69 Å². The van der Waals surface area contributed by atoms with Gasteiger partial charge in [-0.3, -0.25) is 10.9 Å². The van der Waals surface area contributed by atoms with Gasteiger partial charge in [0, 0.05) is 5.69 Å². The van der Waals surface area contributed by atoms with Gasteiger partial charge in [-0.2, -0.15) is 0 Å². The highest BCUT2D eigenvalue weighted by Crippen LogP contribution is 2.09. The van der Waals surface area contributed by atoms with Crippen LogP contribution >= 0.6 is 12.2 Å². The van der Waals surface area contributed by atoms with Crippen molar-refractivity contribution < 1.29 is 4.39 Å². The number of hydrazine groups is 1. The van der Waals surface area contributed by atoms with Gasteiger partial charge in [-0.1, -0.05) is 17.7 Å². The van der Waals surface area contributed by atoms with Gasteiger partial charge in [0.1, 0.15) is 5.82 Å². The number of hydrogen-bond acceptors (Lipinski definition) is 2. The van der Waals surface area contributed by atoms with Crippen LogP contribution in [0.1, 0.15) is 5.56 Å². The molecule has 0 aliphatic rings. The minimum absolute atomic E-state index is 0.272. The molecule has 0 fully saturated rings. The Labute approximate surface area is 116 Å². The molecule has 2 aromatic rings. The van der Waals surface area contributed by atoms with E-state index in [-0.39, 0.29) is 5.82 Å². The molecule has 0 aromatic heterocycles. The summed E-state index contributed by atoms with van der Waals surface area (Å²) in [4.78, 5) is 0. The zero-order valence-corrected chi connectivity index (χ0v) is 11.2. The van der Waals surface area contributed by atoms with Crippen molar-refractivity contribution in [2.45, 2.75) is 6.92 Å². The van der Waals surface area contributed by atoms with Crippen LogP contribution in [-0.2, 0) is 0 Å². The third-order valence-electron chi connectivity index (χ3n) is 2.47. The fourth-order valence-electron chi connectivity index (χ4n) is 1.46. The molecule has 3 nitrogen and oxygen atoms in total. The summed E-state index contributed by atoms with van der Waals surface area (Å²) in [5, 5.41) is 3.47. The average molecular weight is 275 g/mol. The van der Waals surface area contributed by atoms with Gasteiger partial charge in [-0.15, -0.1) is 0 Å². The van der Waals surface area contributed by atoms with Crippen molar-refractivity contribution in [3.63, 3.8) is 0 Å². The van der Waals surface area contributed by atoms with Crippen LogP contribution in [0.3, 0.4) is 0 Å². The smallest absolute Gasteiger partial charge is 0.189 e. The van der Waals surface area contributed by atoms with Crippen LogP contribution in [-0.4, -0.2) is 5.11 Å². The van der Waals surface area contributed by atoms with Crippen LogP contribution in [0.4, 0.5) is 15.8 Å². The number of nitrogens with one attached hydrogen (secondary N) is 3. The van der Waals surface area contributed by atoms with E-state index in [0.29, 0.717) is 5.11 Å². The van der Waals surface area contributed by atoms with Gasteiger partial charge in [0.25, 0.3) is 0 Å². The van der Waals surface area contributed by atoms with E-state index in [4.69, 9.17) is 12.2 Å². The lowest BCUT2D eigenvalue weighted by Gasteiger charge is -2.12. The van der Waals surface area contributed by atoms with Crippen molar-refractivity contribution in [1.82, 2.24) is 5.43 Å². The second-order valence-corrected chi connectivity index (χ2v) is 4.49. The van der Waals surface area contributed by atoms with Crippen molar-refractivity contribution in [2.75, 3.05) is 10.7 Å². The lowest BCUT2D eigenvalue weighted by Crippen LogP contribution is -2.33. The van der Waals surface area contributed by atoms with Crippen LogP contribution in [0.15, 0.2) is 48.5 Å². The zero-order valence-electron chi connectivity index (χ0n) is 10.4. The fraction of sp³-hybridized carbons (Fsp3) is 0.0714. The first kappa shape index (κ1) is 13.3. The molecule has 0 saturated heterocycles. The molecule has 2 aromatic carbocycles. The predicted molar refractivity (Wildman–Crippen MR) is 80.6 cm³/mol. The Morgan fingerprint density at radius 1 is 0.947 bits per heavy atom. The number of aryl methyl sites for hydroxylation is 1. The van der Waals surface area contributed by atoms with E-state index in [1.807, 2.05) is 31.2 Å². The average Bonchev–Trinajstić information content (AvgIpc) is 2.41. The predicted octanol–water partition coefficient (Wildman–Crippen LogP) is 3.45. The highest BCUT2D eigenvalue weighted by Gasteiger charge is 1.97. The standard InChI is InChI=1S/C14H14FN3S/c1-10-2-6-12(7-3-10)16-14(19)18-17-13-8-4-11(15)5-9-13/h2-9,17H,1H3,(H2,16,18,19). The number of benzene rings is 2. The summed E-state index contributed by atoms with van der Waals surface area (Å²) in [7, 11) is 0. The lowest BCUT2D eigenvalue weighted by atomic mass is 10.2. The van der Waals surface area contributed by atoms with Crippen LogP contribution in [0.5, 0.6) is 0 Å². The molecule has 0 unspecified atom stereocenters. The first-order valence-corrected chi connectivity index (χ1v) is 6.19. The van der Waals surface area contributed by atoms with E-state index in [2.05, 4.69) is 16.2 Å². The van der Waals surface area contributed by atoms with E-state index in [1.54, 1.807) is 12.1 Å². The third kappa shape index (κ3) is 4.22. The van der Waals surface area contributed by atoms with Crippen LogP contribution in [0, 0.1) is 12.7 Å². The van der Waals surface area contributed by atoms with E-state index >= 15 is 0 Å². The number of halogens is 1. The SMILES string of the molecule is Cc1ccc(NC(=S)NNc2ccc(F)cc2)cc1. The molecule has 19 heavy (non-hydrogen) atoms. The molecule has 0 aliphatic carbocycles. The highest BCUT2D eigenvalue weighted by molar-refractivity contribution is 7.80. The van der Waals surface area contributed by atoms with Gasteiger partial charge < -0.3 is 5.32 Å². The largest absolute Gasteiger partial charge is 0.331 e. The summed E-state index contributed by atoms with van der Waals surface area (Å²) in [6.07, 6.45) is 0. The van der Waals surface area contributed by atoms with Gasteiger partial charge in [-0.25, -0.2) is 4.39 Å². The number of hydrogen-bond donors (Lipinski definition) is 3. The molecule has 5 heteroatoms. The Morgan fingerprint density at radius 2 is 1.53 bits per heavy atom. The normalized spacial score (nSPS) is 9.79. The topological polar surface area (TPSA) is 36.1 Å². The van der Waals surface area contributed by atoms with Gasteiger partial charge in [0.2, 0.25) is 0 Å². The molecule has 0 aliphatic heterocycles. The summed E-state index contributed by atoms with van der Waals surface area (Å²) in [6.45, 7) is 2.02. The van der Waals surface area contributed by atoms with Crippen LogP contribution in [0.25, 0.3) is 0 Å². The Bertz CT molecular complexity index is 552. The van der Waals surface area contributed by atoms with Crippen LogP contribution in [0.2, 0.25) is 0 Å². The molecule has 2 rings (SSSR count). The van der Waals surface area contributed by atoms with Crippen LogP contribution < -0.4 is 16.2 Å². The molecule has 98 valence electrons. The van der Waals surface area contributed by atoms with Crippen molar-refractivity contribution in [1.29, 1.82) is 0 Å². The Morgan fingerprint density at radius 3 is 2.16 bits per heavy atom. The highest BCUT2D eigenvalue weighted by atomic mass is 32.1. The third-order valence-corrected chi connectivity index (χ3v) is 2.68. The summed E-state index contributed by atoms with van der Waals surface area (Å²) < 4.78 is 12.7. The summed E-state index contributed by atoms with van der Waals surface area (Å²) in [5.74, 6) is -0.272. The molecule has 0 heterocycles. The first-order chi connectivity index (χ1) is 9.13. The van der Waals surface area contributed by atoms with E-state index in [1.165, 1.54) is 17.7 Å².